The van der Waals surface area contributed by atoms with Crippen molar-refractivity contribution in [3.63, 3.8) is 0 Å². The molecule has 3 rings (SSSR count). The molecule has 0 saturated heterocycles. The molecular formula is C15H18N2. The summed E-state index contributed by atoms with van der Waals surface area (Å²) in [7, 11) is 0. The smallest absolute Gasteiger partial charge is 0.0568 e. The van der Waals surface area contributed by atoms with E-state index in [0.717, 1.165) is 0 Å². The van der Waals surface area contributed by atoms with Crippen LogP contribution in [0.5, 0.6) is 0 Å². The summed E-state index contributed by atoms with van der Waals surface area (Å²) >= 11 is 0. The van der Waals surface area contributed by atoms with Crippen LogP contribution in [-0.2, 0) is 0 Å². The molecule has 0 N–H and O–H groups in total. The van der Waals surface area contributed by atoms with E-state index >= 15 is 0 Å². The van der Waals surface area contributed by atoms with Gasteiger partial charge in [-0.15, -0.1) is 0 Å². The summed E-state index contributed by atoms with van der Waals surface area (Å²) in [6.07, 6.45) is 10.9. The molecule has 17 heavy (non-hydrogen) atoms. The van der Waals surface area contributed by atoms with Gasteiger partial charge in [-0.1, -0.05) is 49.6 Å². The molecule has 0 bridgehead atoms. The van der Waals surface area contributed by atoms with E-state index in [4.69, 9.17) is 0 Å². The number of aromatic nitrogens is 2. The van der Waals surface area contributed by atoms with E-state index in [1.165, 1.54) is 43.2 Å². The lowest BCUT2D eigenvalue weighted by atomic mass is 9.96. The van der Waals surface area contributed by atoms with E-state index < -0.39 is 0 Å². The van der Waals surface area contributed by atoms with Gasteiger partial charge in [0.05, 0.1) is 12.2 Å². The van der Waals surface area contributed by atoms with Gasteiger partial charge in [-0.2, -0.15) is 5.10 Å². The van der Waals surface area contributed by atoms with Crippen molar-refractivity contribution in [3.05, 3.63) is 42.7 Å². The molecule has 1 saturated carbocycles. The van der Waals surface area contributed by atoms with Crippen molar-refractivity contribution in [2.75, 3.05) is 0 Å². The van der Waals surface area contributed by atoms with Crippen LogP contribution in [0.25, 0.3) is 11.1 Å². The molecule has 0 aliphatic heterocycles. The molecule has 88 valence electrons. The van der Waals surface area contributed by atoms with Gasteiger partial charge >= 0.3 is 0 Å². The lowest BCUT2D eigenvalue weighted by Gasteiger charge is -2.21. The quantitative estimate of drug-likeness (QED) is 0.755. The zero-order chi connectivity index (χ0) is 11.5. The predicted molar refractivity (Wildman–Crippen MR) is 69.8 cm³/mol. The summed E-state index contributed by atoms with van der Waals surface area (Å²) < 4.78 is 2.17. The van der Waals surface area contributed by atoms with Crippen molar-refractivity contribution < 1.29 is 0 Å². The van der Waals surface area contributed by atoms with Crippen LogP contribution in [0.4, 0.5) is 0 Å². The number of nitrogens with zero attached hydrogens (tertiary/aromatic N) is 2. The van der Waals surface area contributed by atoms with Gasteiger partial charge in [-0.3, -0.25) is 4.68 Å². The number of hydrogen-bond acceptors (Lipinski definition) is 1. The van der Waals surface area contributed by atoms with Gasteiger partial charge in [-0.05, 0) is 18.4 Å². The second-order valence-electron chi connectivity index (χ2n) is 4.87. The molecule has 0 spiro atoms. The van der Waals surface area contributed by atoms with Crippen molar-refractivity contribution in [1.82, 2.24) is 9.78 Å². The maximum atomic E-state index is 4.53. The highest BCUT2D eigenvalue weighted by molar-refractivity contribution is 5.61. The highest BCUT2D eigenvalue weighted by atomic mass is 15.3. The summed E-state index contributed by atoms with van der Waals surface area (Å²) in [4.78, 5) is 0. The Morgan fingerprint density at radius 1 is 0.941 bits per heavy atom. The average Bonchev–Trinajstić information content (AvgIpc) is 2.90. The summed E-state index contributed by atoms with van der Waals surface area (Å²) in [5.41, 5.74) is 2.49. The highest BCUT2D eigenvalue weighted by Crippen LogP contribution is 2.29. The molecule has 2 aromatic rings. The molecular weight excluding hydrogens is 208 g/mol. The Balaban J connectivity index is 1.83. The Bertz CT molecular complexity index is 467. The average molecular weight is 226 g/mol. The fraction of sp³-hybridized carbons (Fsp3) is 0.400. The van der Waals surface area contributed by atoms with Crippen LogP contribution in [0, 0.1) is 0 Å². The van der Waals surface area contributed by atoms with Gasteiger partial charge in [0.1, 0.15) is 0 Å². The van der Waals surface area contributed by atoms with E-state index in [1.807, 2.05) is 6.20 Å². The minimum Gasteiger partial charge on any atom is -0.269 e. The first-order chi connectivity index (χ1) is 8.43. The Kier molecular flexibility index (Phi) is 2.95. The van der Waals surface area contributed by atoms with Crippen LogP contribution < -0.4 is 0 Å². The van der Waals surface area contributed by atoms with Crippen molar-refractivity contribution in [2.24, 2.45) is 0 Å². The Morgan fingerprint density at radius 2 is 1.71 bits per heavy atom. The largest absolute Gasteiger partial charge is 0.269 e. The Morgan fingerprint density at radius 3 is 2.47 bits per heavy atom. The summed E-state index contributed by atoms with van der Waals surface area (Å²) in [6, 6.07) is 11.1. The second-order valence-corrected chi connectivity index (χ2v) is 4.87. The first kappa shape index (κ1) is 10.6. The second kappa shape index (κ2) is 4.74. The summed E-state index contributed by atoms with van der Waals surface area (Å²) in [5.74, 6) is 0. The standard InChI is InChI=1S/C15H18N2/c1-3-7-13(8-4-1)14-11-16-17(12-14)15-9-5-2-6-10-15/h1,3-4,7-8,11-12,15H,2,5-6,9-10H2. The predicted octanol–water partition coefficient (Wildman–Crippen LogP) is 4.06. The zero-order valence-corrected chi connectivity index (χ0v) is 10.0. The van der Waals surface area contributed by atoms with E-state index in [1.54, 1.807) is 0 Å². The molecule has 2 nitrogen and oxygen atoms in total. The van der Waals surface area contributed by atoms with E-state index in [-0.39, 0.29) is 0 Å². The van der Waals surface area contributed by atoms with E-state index in [9.17, 15) is 0 Å². The first-order valence-corrected chi connectivity index (χ1v) is 6.53. The van der Waals surface area contributed by atoms with Crippen LogP contribution in [0.2, 0.25) is 0 Å². The SMILES string of the molecule is c1ccc(-c2cnn(C3CCCCC3)c2)cc1. The lowest BCUT2D eigenvalue weighted by Crippen LogP contribution is -2.12. The van der Waals surface area contributed by atoms with Gasteiger partial charge in [0.25, 0.3) is 0 Å². The molecule has 1 aliphatic rings. The van der Waals surface area contributed by atoms with Crippen LogP contribution >= 0.6 is 0 Å². The fourth-order valence-electron chi connectivity index (χ4n) is 2.66. The van der Waals surface area contributed by atoms with Crippen molar-refractivity contribution >= 4 is 0 Å². The van der Waals surface area contributed by atoms with Crippen molar-refractivity contribution in [1.29, 1.82) is 0 Å². The first-order valence-electron chi connectivity index (χ1n) is 6.53. The number of benzene rings is 1. The normalized spacial score (nSPS) is 17.2. The van der Waals surface area contributed by atoms with E-state index in [2.05, 4.69) is 46.3 Å². The molecule has 0 unspecified atom stereocenters. The molecule has 1 aliphatic carbocycles. The maximum absolute atomic E-state index is 4.53. The molecule has 1 fully saturated rings. The molecule has 1 heterocycles. The maximum Gasteiger partial charge on any atom is 0.0568 e. The summed E-state index contributed by atoms with van der Waals surface area (Å²) in [6.45, 7) is 0. The van der Waals surface area contributed by atoms with Crippen LogP contribution in [0.3, 0.4) is 0 Å². The van der Waals surface area contributed by atoms with Crippen molar-refractivity contribution in [3.8, 4) is 11.1 Å². The Labute approximate surface area is 102 Å². The molecule has 1 aromatic heterocycles. The third-order valence-electron chi connectivity index (χ3n) is 3.66. The van der Waals surface area contributed by atoms with Gasteiger partial charge < -0.3 is 0 Å². The van der Waals surface area contributed by atoms with Crippen LogP contribution in [0.15, 0.2) is 42.7 Å². The monoisotopic (exact) mass is 226 g/mol. The van der Waals surface area contributed by atoms with Crippen LogP contribution in [0.1, 0.15) is 38.1 Å². The minimum absolute atomic E-state index is 0.626. The highest BCUT2D eigenvalue weighted by Gasteiger charge is 2.16. The lowest BCUT2D eigenvalue weighted by molar-refractivity contribution is 0.329. The zero-order valence-electron chi connectivity index (χ0n) is 10.0. The van der Waals surface area contributed by atoms with Crippen molar-refractivity contribution in [2.45, 2.75) is 38.1 Å². The van der Waals surface area contributed by atoms with Gasteiger partial charge in [0.2, 0.25) is 0 Å². The fourth-order valence-corrected chi connectivity index (χ4v) is 2.66. The number of rotatable bonds is 2. The third-order valence-corrected chi connectivity index (χ3v) is 3.66. The molecule has 2 heteroatoms. The van der Waals surface area contributed by atoms with Gasteiger partial charge in [0.15, 0.2) is 0 Å². The topological polar surface area (TPSA) is 17.8 Å². The van der Waals surface area contributed by atoms with Gasteiger partial charge in [-0.25, -0.2) is 0 Å². The van der Waals surface area contributed by atoms with Gasteiger partial charge in [0, 0.05) is 11.8 Å². The van der Waals surface area contributed by atoms with Crippen LogP contribution in [-0.4, -0.2) is 9.78 Å². The molecule has 1 aromatic carbocycles. The Hall–Kier alpha value is -1.57. The molecule has 0 amide bonds. The number of hydrogen-bond donors (Lipinski definition) is 0. The third kappa shape index (κ3) is 2.26. The van der Waals surface area contributed by atoms with E-state index in [0.29, 0.717) is 6.04 Å². The molecule has 0 atom stereocenters. The summed E-state index contributed by atoms with van der Waals surface area (Å²) in [5, 5.41) is 4.53. The minimum atomic E-state index is 0.626. The molecule has 0 radical (unpaired) electrons.